The summed E-state index contributed by atoms with van der Waals surface area (Å²) in [6, 6.07) is 16.5. The number of likely N-dealkylation sites (tertiary alicyclic amines) is 1. The highest BCUT2D eigenvalue weighted by Crippen LogP contribution is 2.52. The fourth-order valence-electron chi connectivity index (χ4n) is 5.67. The number of nitrogens with zero attached hydrogens (tertiary/aromatic N) is 1. The molecule has 1 spiro atoms. The summed E-state index contributed by atoms with van der Waals surface area (Å²) in [6.07, 6.45) is 6.22. The van der Waals surface area contributed by atoms with E-state index in [4.69, 9.17) is 14.2 Å². The second kappa shape index (κ2) is 12.0. The van der Waals surface area contributed by atoms with E-state index in [0.717, 1.165) is 43.8 Å². The summed E-state index contributed by atoms with van der Waals surface area (Å²) in [6.45, 7) is 7.75. The largest absolute Gasteiger partial charge is 0.496 e. The molecule has 0 aromatic heterocycles. The summed E-state index contributed by atoms with van der Waals surface area (Å²) in [5.74, 6) is 0.871. The molecule has 6 nitrogen and oxygen atoms in total. The molecule has 2 aromatic carbocycles. The maximum absolute atomic E-state index is 12.8. The van der Waals surface area contributed by atoms with Crippen LogP contribution in [0.25, 0.3) is 6.08 Å². The Bertz CT molecular complexity index is 1040. The van der Waals surface area contributed by atoms with Gasteiger partial charge in [0.1, 0.15) is 5.75 Å². The number of hydrogen-bond acceptors (Lipinski definition) is 5. The molecule has 2 aromatic rings. The fraction of sp³-hybridized carbons (Fsp3) is 0.500. The molecule has 0 unspecified atom stereocenters. The lowest BCUT2D eigenvalue weighted by Crippen LogP contribution is -2.51. The van der Waals surface area contributed by atoms with Crippen molar-refractivity contribution >= 4 is 12.0 Å². The number of carbonyl (C=O) groups excluding carboxylic acids is 1. The first-order valence-corrected chi connectivity index (χ1v) is 13.0. The monoisotopic (exact) mass is 492 g/mol. The van der Waals surface area contributed by atoms with Gasteiger partial charge in [-0.15, -0.1) is 0 Å². The predicted octanol–water partition coefficient (Wildman–Crippen LogP) is 4.60. The number of methoxy groups -OCH3 is 2. The number of piperidine rings is 1. The van der Waals surface area contributed by atoms with Gasteiger partial charge in [-0.2, -0.15) is 0 Å². The zero-order chi connectivity index (χ0) is 25.5. The fourth-order valence-corrected chi connectivity index (χ4v) is 5.67. The molecule has 36 heavy (non-hydrogen) atoms. The van der Waals surface area contributed by atoms with Crippen molar-refractivity contribution < 1.29 is 19.0 Å². The van der Waals surface area contributed by atoms with Crippen molar-refractivity contribution in [3.05, 3.63) is 71.3 Å². The molecular weight excluding hydrogens is 452 g/mol. The molecule has 2 aliphatic rings. The summed E-state index contributed by atoms with van der Waals surface area (Å²) >= 11 is 0. The highest BCUT2D eigenvalue weighted by Gasteiger charge is 2.54. The van der Waals surface area contributed by atoms with Crippen LogP contribution in [0, 0.1) is 5.92 Å². The number of amides is 1. The van der Waals surface area contributed by atoms with Crippen LogP contribution in [-0.4, -0.2) is 64.0 Å². The summed E-state index contributed by atoms with van der Waals surface area (Å²) in [7, 11) is 3.40. The van der Waals surface area contributed by atoms with Gasteiger partial charge in [0.15, 0.2) is 0 Å². The number of fused-ring (bicyclic) bond motifs is 2. The van der Waals surface area contributed by atoms with Crippen LogP contribution in [0.1, 0.15) is 49.4 Å². The molecule has 1 fully saturated rings. The summed E-state index contributed by atoms with van der Waals surface area (Å²) in [4.78, 5) is 15.3. The van der Waals surface area contributed by atoms with Crippen LogP contribution >= 0.6 is 0 Å². The quantitative estimate of drug-likeness (QED) is 0.491. The van der Waals surface area contributed by atoms with Crippen molar-refractivity contribution in [1.82, 2.24) is 10.2 Å². The van der Waals surface area contributed by atoms with Gasteiger partial charge < -0.3 is 19.5 Å². The van der Waals surface area contributed by atoms with Crippen molar-refractivity contribution in [3.8, 4) is 5.75 Å². The topological polar surface area (TPSA) is 60.0 Å². The van der Waals surface area contributed by atoms with Crippen LogP contribution in [0.2, 0.25) is 0 Å². The maximum Gasteiger partial charge on any atom is 0.223 e. The summed E-state index contributed by atoms with van der Waals surface area (Å²) < 4.78 is 17.3. The highest BCUT2D eigenvalue weighted by atomic mass is 16.5. The standard InChI is InChI=1S/C30H40N2O4/c1-22(2)29(33)31-27-24-12-6-7-13-25(24)30(28(27)36-21-20-34-3)15-18-32(19-16-30)17-9-11-23-10-5-8-14-26(23)35-4/h5-14,22,27-28H,15-21H2,1-4H3,(H,31,33)/t27-,28+/m1/s1. The molecule has 1 saturated heterocycles. The molecule has 1 N–H and O–H groups in total. The minimum Gasteiger partial charge on any atom is -0.496 e. The van der Waals surface area contributed by atoms with Gasteiger partial charge in [0, 0.05) is 30.6 Å². The number of nitrogens with one attached hydrogen (secondary N) is 1. The van der Waals surface area contributed by atoms with Crippen molar-refractivity contribution in [2.24, 2.45) is 5.92 Å². The Kier molecular flexibility index (Phi) is 8.83. The van der Waals surface area contributed by atoms with Crippen molar-refractivity contribution in [3.63, 3.8) is 0 Å². The van der Waals surface area contributed by atoms with Crippen LogP contribution < -0.4 is 10.1 Å². The molecule has 1 heterocycles. The van der Waals surface area contributed by atoms with E-state index in [2.05, 4.69) is 52.7 Å². The lowest BCUT2D eigenvalue weighted by molar-refractivity contribution is -0.127. The predicted molar refractivity (Wildman–Crippen MR) is 143 cm³/mol. The normalized spacial score (nSPS) is 21.2. The third kappa shape index (κ3) is 5.51. The molecule has 1 aliphatic carbocycles. The molecular formula is C30H40N2O4. The highest BCUT2D eigenvalue weighted by molar-refractivity contribution is 5.78. The number of rotatable bonds is 10. The number of benzene rings is 2. The molecule has 0 bridgehead atoms. The van der Waals surface area contributed by atoms with Crippen molar-refractivity contribution in [2.45, 2.75) is 44.2 Å². The first-order chi connectivity index (χ1) is 17.5. The van der Waals surface area contributed by atoms with E-state index in [9.17, 15) is 4.79 Å². The van der Waals surface area contributed by atoms with Crippen LogP contribution in [0.4, 0.5) is 0 Å². The van der Waals surface area contributed by atoms with Gasteiger partial charge in [0.05, 0.1) is 32.5 Å². The van der Waals surface area contributed by atoms with E-state index < -0.39 is 0 Å². The van der Waals surface area contributed by atoms with Crippen molar-refractivity contribution in [2.75, 3.05) is 47.1 Å². The lowest BCUT2D eigenvalue weighted by atomic mass is 9.72. The van der Waals surface area contributed by atoms with E-state index in [1.165, 1.54) is 11.1 Å². The van der Waals surface area contributed by atoms with Gasteiger partial charge in [-0.05, 0) is 43.1 Å². The number of hydrogen-bond donors (Lipinski definition) is 1. The smallest absolute Gasteiger partial charge is 0.223 e. The van der Waals surface area contributed by atoms with Gasteiger partial charge >= 0.3 is 0 Å². The van der Waals surface area contributed by atoms with Crippen LogP contribution in [-0.2, 0) is 19.7 Å². The SMILES string of the molecule is COCCO[C@H]1[C@H](NC(=O)C(C)C)c2ccccc2C12CCN(CC=Cc1ccccc1OC)CC2. The first-order valence-electron chi connectivity index (χ1n) is 13.0. The van der Waals surface area contributed by atoms with Gasteiger partial charge in [-0.3, -0.25) is 9.69 Å². The van der Waals surface area contributed by atoms with E-state index in [-0.39, 0.29) is 29.4 Å². The van der Waals surface area contributed by atoms with Gasteiger partial charge in [-0.25, -0.2) is 0 Å². The number of para-hydroxylation sites is 1. The Morgan fingerprint density at radius 2 is 1.81 bits per heavy atom. The summed E-state index contributed by atoms with van der Waals surface area (Å²) in [5.41, 5.74) is 3.49. The first kappa shape index (κ1) is 26.4. The molecule has 0 radical (unpaired) electrons. The average Bonchev–Trinajstić information content (AvgIpc) is 3.14. The second-order valence-corrected chi connectivity index (χ2v) is 10.1. The minimum absolute atomic E-state index is 0.0612. The van der Waals surface area contributed by atoms with E-state index >= 15 is 0 Å². The molecule has 1 amide bonds. The Hall–Kier alpha value is -2.67. The number of carbonyl (C=O) groups is 1. The average molecular weight is 493 g/mol. The van der Waals surface area contributed by atoms with Gasteiger partial charge in [-0.1, -0.05) is 68.5 Å². The van der Waals surface area contributed by atoms with E-state index in [0.29, 0.717) is 13.2 Å². The molecule has 1 aliphatic heterocycles. The van der Waals surface area contributed by atoms with Crippen LogP contribution in [0.3, 0.4) is 0 Å². The molecule has 0 saturated carbocycles. The Balaban J connectivity index is 1.51. The summed E-state index contributed by atoms with van der Waals surface area (Å²) in [5, 5.41) is 3.32. The third-order valence-corrected chi connectivity index (χ3v) is 7.63. The Morgan fingerprint density at radius 1 is 1.08 bits per heavy atom. The van der Waals surface area contributed by atoms with Gasteiger partial charge in [0.2, 0.25) is 5.91 Å². The molecule has 194 valence electrons. The zero-order valence-corrected chi connectivity index (χ0v) is 22.0. The van der Waals surface area contributed by atoms with Crippen molar-refractivity contribution in [1.29, 1.82) is 0 Å². The molecule has 2 atom stereocenters. The van der Waals surface area contributed by atoms with Crippen LogP contribution in [0.5, 0.6) is 5.75 Å². The van der Waals surface area contributed by atoms with E-state index in [1.807, 2.05) is 32.0 Å². The second-order valence-electron chi connectivity index (χ2n) is 10.1. The van der Waals surface area contributed by atoms with Gasteiger partial charge in [0.25, 0.3) is 0 Å². The molecule has 6 heteroatoms. The zero-order valence-electron chi connectivity index (χ0n) is 22.0. The molecule has 4 rings (SSSR count). The minimum atomic E-state index is -0.148. The Morgan fingerprint density at radius 3 is 2.53 bits per heavy atom. The third-order valence-electron chi connectivity index (χ3n) is 7.63. The Labute approximate surface area is 215 Å². The van der Waals surface area contributed by atoms with E-state index in [1.54, 1.807) is 14.2 Å². The number of ether oxygens (including phenoxy) is 3. The lowest BCUT2D eigenvalue weighted by Gasteiger charge is -2.44. The maximum atomic E-state index is 12.8. The van der Waals surface area contributed by atoms with Crippen LogP contribution in [0.15, 0.2) is 54.6 Å².